The van der Waals surface area contributed by atoms with Crippen LogP contribution in [-0.2, 0) is 21.6 Å². The second-order valence-corrected chi connectivity index (χ2v) is 11.2. The molecule has 0 bridgehead atoms. The summed E-state index contributed by atoms with van der Waals surface area (Å²) in [5, 5.41) is 21.4. The first-order chi connectivity index (χ1) is 19.4. The average molecular weight is 589 g/mol. The van der Waals surface area contributed by atoms with Gasteiger partial charge < -0.3 is 19.9 Å². The number of fused-ring (bicyclic) bond motifs is 1. The number of hydrogen-bond acceptors (Lipinski definition) is 9. The number of rotatable bonds is 11. The monoisotopic (exact) mass is 588 g/mol. The highest BCUT2D eigenvalue weighted by molar-refractivity contribution is 7.21. The zero-order valence-electron chi connectivity index (χ0n) is 23.7. The molecule has 14 heteroatoms. The van der Waals surface area contributed by atoms with Gasteiger partial charge >= 0.3 is 5.69 Å². The Morgan fingerprint density at radius 1 is 1.22 bits per heavy atom. The molecule has 12 nitrogen and oxygen atoms in total. The number of aryl methyl sites for hydroxylation is 1. The molecule has 2 N–H and O–H groups in total. The average Bonchev–Trinajstić information content (AvgIpc) is 3.56. The van der Waals surface area contributed by atoms with Gasteiger partial charge in [-0.3, -0.25) is 14.2 Å². The number of ether oxygens (including phenoxy) is 2. The number of aromatic nitrogens is 5. The molecule has 1 aromatic carbocycles. The first-order valence-corrected chi connectivity index (χ1v) is 13.8. The lowest BCUT2D eigenvalue weighted by Gasteiger charge is -2.28. The number of thiophene rings is 1. The van der Waals surface area contributed by atoms with Crippen LogP contribution in [0.2, 0.25) is 0 Å². The number of nitrogens with zero attached hydrogens (tertiary/aromatic N) is 5. The van der Waals surface area contributed by atoms with E-state index in [1.165, 1.54) is 60.9 Å². The predicted molar refractivity (Wildman–Crippen MR) is 151 cm³/mol. The van der Waals surface area contributed by atoms with Crippen LogP contribution < -0.4 is 21.3 Å². The highest BCUT2D eigenvalue weighted by atomic mass is 32.1. The molecular weight excluding hydrogens is 555 g/mol. The van der Waals surface area contributed by atoms with Crippen molar-refractivity contribution in [3.05, 3.63) is 68.4 Å². The fraction of sp³-hybridized carbons (Fsp3) is 0.444. The molecule has 220 valence electrons. The first-order valence-electron chi connectivity index (χ1n) is 12.9. The molecule has 4 aromatic rings. The predicted octanol–water partition coefficient (Wildman–Crippen LogP) is 2.27. The summed E-state index contributed by atoms with van der Waals surface area (Å²) in [5.41, 5.74) is -2.16. The van der Waals surface area contributed by atoms with Crippen LogP contribution in [0.25, 0.3) is 15.2 Å². The van der Waals surface area contributed by atoms with Crippen molar-refractivity contribution >= 4 is 27.5 Å². The van der Waals surface area contributed by atoms with Gasteiger partial charge in [0.1, 0.15) is 33.0 Å². The summed E-state index contributed by atoms with van der Waals surface area (Å²) in [5.74, 6) is -0.752. The van der Waals surface area contributed by atoms with Gasteiger partial charge in [0.05, 0.1) is 44.6 Å². The Kier molecular flexibility index (Phi) is 8.75. The van der Waals surface area contributed by atoms with E-state index in [1.807, 2.05) is 0 Å². The SMILES string of the molecule is COc1ccc(F)cc1C(Cn1c(=O)n(C(C)(C)C(=O)NC(C)C)c(=O)c2c(C)c(-n3nccn3)sc21)OCCO. The quantitative estimate of drug-likeness (QED) is 0.272. The fourth-order valence-electron chi connectivity index (χ4n) is 4.60. The molecular formula is C27H33FN6O6S. The van der Waals surface area contributed by atoms with E-state index in [9.17, 15) is 23.9 Å². The number of hydrogen-bond donors (Lipinski definition) is 2. The second-order valence-electron chi connectivity index (χ2n) is 10.2. The van der Waals surface area contributed by atoms with E-state index in [-0.39, 0.29) is 31.2 Å². The van der Waals surface area contributed by atoms with Gasteiger partial charge in [0.2, 0.25) is 5.91 Å². The van der Waals surface area contributed by atoms with Crippen molar-refractivity contribution in [3.63, 3.8) is 0 Å². The van der Waals surface area contributed by atoms with Crippen LogP contribution in [0.4, 0.5) is 4.39 Å². The smallest absolute Gasteiger partial charge is 0.333 e. The van der Waals surface area contributed by atoms with E-state index >= 15 is 0 Å². The van der Waals surface area contributed by atoms with Crippen molar-refractivity contribution in [1.29, 1.82) is 0 Å². The Bertz CT molecular complexity index is 1670. The number of methoxy groups -OCH3 is 1. The van der Waals surface area contributed by atoms with E-state index < -0.39 is 34.6 Å². The Labute approximate surface area is 238 Å². The maximum Gasteiger partial charge on any atom is 0.333 e. The Morgan fingerprint density at radius 2 is 1.90 bits per heavy atom. The summed E-state index contributed by atoms with van der Waals surface area (Å²) in [6, 6.07) is 3.67. The molecule has 0 aliphatic heterocycles. The van der Waals surface area contributed by atoms with E-state index in [1.54, 1.807) is 20.8 Å². The number of aliphatic hydroxyl groups is 1. The maximum atomic E-state index is 14.4. The number of carbonyl (C=O) groups is 1. The minimum atomic E-state index is -1.58. The Morgan fingerprint density at radius 3 is 2.51 bits per heavy atom. The van der Waals surface area contributed by atoms with Gasteiger partial charge in [-0.15, -0.1) is 4.80 Å². The largest absolute Gasteiger partial charge is 0.496 e. The molecule has 1 atom stereocenters. The molecule has 1 unspecified atom stereocenters. The third-order valence-corrected chi connectivity index (χ3v) is 7.90. The molecule has 3 aromatic heterocycles. The minimum Gasteiger partial charge on any atom is -0.496 e. The normalized spacial score (nSPS) is 12.7. The summed E-state index contributed by atoms with van der Waals surface area (Å²) in [7, 11) is 1.42. The Hall–Kier alpha value is -3.88. The van der Waals surface area contributed by atoms with Crippen molar-refractivity contribution in [2.75, 3.05) is 20.3 Å². The van der Waals surface area contributed by atoms with Gasteiger partial charge in [0.25, 0.3) is 5.56 Å². The van der Waals surface area contributed by atoms with E-state index in [0.29, 0.717) is 26.7 Å². The van der Waals surface area contributed by atoms with Crippen molar-refractivity contribution in [3.8, 4) is 10.8 Å². The number of aliphatic hydroxyl groups excluding tert-OH is 1. The number of benzene rings is 1. The van der Waals surface area contributed by atoms with Crippen LogP contribution in [0, 0.1) is 12.7 Å². The molecule has 0 radical (unpaired) electrons. The van der Waals surface area contributed by atoms with Crippen molar-refractivity contribution in [2.24, 2.45) is 0 Å². The highest BCUT2D eigenvalue weighted by Gasteiger charge is 2.36. The number of carbonyl (C=O) groups excluding carboxylic acids is 1. The van der Waals surface area contributed by atoms with Crippen molar-refractivity contribution in [2.45, 2.75) is 58.8 Å². The summed E-state index contributed by atoms with van der Waals surface area (Å²) in [6.07, 6.45) is 2.01. The molecule has 4 rings (SSSR count). The lowest BCUT2D eigenvalue weighted by molar-refractivity contribution is -0.129. The lowest BCUT2D eigenvalue weighted by atomic mass is 10.0. The first kappa shape index (κ1) is 30.1. The molecule has 0 aliphatic rings. The van der Waals surface area contributed by atoms with E-state index in [2.05, 4.69) is 15.5 Å². The molecule has 41 heavy (non-hydrogen) atoms. The Balaban J connectivity index is 2.03. The van der Waals surface area contributed by atoms with Gasteiger partial charge in [0.15, 0.2) is 0 Å². The van der Waals surface area contributed by atoms with Crippen molar-refractivity contribution < 1.29 is 23.8 Å². The summed E-state index contributed by atoms with van der Waals surface area (Å²) >= 11 is 1.13. The van der Waals surface area contributed by atoms with Gasteiger partial charge in [0, 0.05) is 17.2 Å². The summed E-state index contributed by atoms with van der Waals surface area (Å²) in [6.45, 7) is 7.63. The van der Waals surface area contributed by atoms with Gasteiger partial charge in [-0.25, -0.2) is 13.8 Å². The fourth-order valence-corrected chi connectivity index (χ4v) is 5.82. The van der Waals surface area contributed by atoms with Crippen LogP contribution in [0.1, 0.15) is 44.9 Å². The molecule has 0 fully saturated rings. The van der Waals surface area contributed by atoms with Crippen LogP contribution in [0.5, 0.6) is 5.75 Å². The summed E-state index contributed by atoms with van der Waals surface area (Å²) < 4.78 is 28.0. The highest BCUT2D eigenvalue weighted by Crippen LogP contribution is 2.34. The van der Waals surface area contributed by atoms with Crippen molar-refractivity contribution in [1.82, 2.24) is 29.4 Å². The third kappa shape index (κ3) is 5.67. The van der Waals surface area contributed by atoms with Crippen LogP contribution in [-0.4, -0.2) is 61.5 Å². The van der Waals surface area contributed by atoms with Gasteiger partial charge in [-0.05, 0) is 52.8 Å². The molecule has 0 aliphatic carbocycles. The molecule has 3 heterocycles. The molecule has 1 amide bonds. The molecule has 0 saturated heterocycles. The summed E-state index contributed by atoms with van der Waals surface area (Å²) in [4.78, 5) is 43.1. The topological polar surface area (TPSA) is 142 Å². The minimum absolute atomic E-state index is 0.115. The van der Waals surface area contributed by atoms with E-state index in [0.717, 1.165) is 15.9 Å². The number of amides is 1. The molecule has 0 spiro atoms. The number of halogens is 1. The van der Waals surface area contributed by atoms with E-state index in [4.69, 9.17) is 9.47 Å². The van der Waals surface area contributed by atoms with Gasteiger partial charge in [-0.2, -0.15) is 10.2 Å². The lowest BCUT2D eigenvalue weighted by Crippen LogP contribution is -2.56. The zero-order valence-corrected chi connectivity index (χ0v) is 24.5. The standard InChI is InChI=1S/C27H33FN6O6S/c1-15(2)31-25(37)27(4,5)33-22(36)21-16(3)23(34-29-9-10-30-34)41-24(21)32(26(33)38)14-20(40-12-11-35)18-13-17(28)7-8-19(18)39-6/h7-10,13,15,20,35H,11-12,14H2,1-6H3,(H,31,37). The third-order valence-electron chi connectivity index (χ3n) is 6.62. The van der Waals surface area contributed by atoms with Crippen LogP contribution in [0.15, 0.2) is 40.2 Å². The van der Waals surface area contributed by atoms with Crippen LogP contribution in [0.3, 0.4) is 0 Å². The number of nitrogens with one attached hydrogen (secondary N) is 1. The maximum absolute atomic E-state index is 14.4. The molecule has 0 saturated carbocycles. The van der Waals surface area contributed by atoms with Crippen LogP contribution >= 0.6 is 11.3 Å². The second kappa shape index (κ2) is 11.9. The van der Waals surface area contributed by atoms with Gasteiger partial charge in [-0.1, -0.05) is 11.3 Å². The zero-order chi connectivity index (χ0) is 30.1.